The van der Waals surface area contributed by atoms with E-state index in [4.69, 9.17) is 12.2 Å². The summed E-state index contributed by atoms with van der Waals surface area (Å²) in [5.41, 5.74) is 0.0151. The van der Waals surface area contributed by atoms with Crippen LogP contribution in [0.5, 0.6) is 11.5 Å². The molecule has 0 saturated carbocycles. The second-order valence-corrected chi connectivity index (χ2v) is 4.08. The lowest BCUT2D eigenvalue weighted by Gasteiger charge is -2.01. The van der Waals surface area contributed by atoms with Crippen molar-refractivity contribution in [2.45, 2.75) is 6.92 Å². The van der Waals surface area contributed by atoms with Crippen molar-refractivity contribution in [3.8, 4) is 11.5 Å². The van der Waals surface area contributed by atoms with Crippen molar-refractivity contribution >= 4 is 18.4 Å². The lowest BCUT2D eigenvalue weighted by molar-refractivity contribution is 0.403. The molecule has 19 heavy (non-hydrogen) atoms. The summed E-state index contributed by atoms with van der Waals surface area (Å²) >= 11 is 4.89. The number of hydrogen-bond donors (Lipinski definition) is 3. The second-order valence-electron chi connectivity index (χ2n) is 3.69. The van der Waals surface area contributed by atoms with Gasteiger partial charge in [0.2, 0.25) is 4.77 Å². The summed E-state index contributed by atoms with van der Waals surface area (Å²) in [7, 11) is 0. The van der Waals surface area contributed by atoms with E-state index in [1.54, 1.807) is 0 Å². The lowest BCUT2D eigenvalue weighted by atomic mass is 10.2. The summed E-state index contributed by atoms with van der Waals surface area (Å²) in [6.07, 6.45) is 1.22. The van der Waals surface area contributed by atoms with Gasteiger partial charge >= 0.3 is 0 Å². The first-order chi connectivity index (χ1) is 9.00. The van der Waals surface area contributed by atoms with E-state index in [2.05, 4.69) is 15.3 Å². The third-order valence-corrected chi connectivity index (χ3v) is 2.64. The zero-order chi connectivity index (χ0) is 14.0. The number of H-pyrrole nitrogens is 1. The molecule has 0 unspecified atom stereocenters. The molecule has 0 saturated heterocycles. The van der Waals surface area contributed by atoms with Crippen LogP contribution in [-0.2, 0) is 0 Å². The first-order valence-electron chi connectivity index (χ1n) is 5.24. The summed E-state index contributed by atoms with van der Waals surface area (Å²) in [5.74, 6) is -0.590. The van der Waals surface area contributed by atoms with Crippen LogP contribution in [0.2, 0.25) is 0 Å². The van der Waals surface area contributed by atoms with Gasteiger partial charge in [0.1, 0.15) is 5.69 Å². The van der Waals surface area contributed by atoms with Crippen molar-refractivity contribution in [3.63, 3.8) is 0 Å². The zero-order valence-corrected chi connectivity index (χ0v) is 10.7. The van der Waals surface area contributed by atoms with Crippen LogP contribution in [0.15, 0.2) is 28.1 Å². The predicted molar refractivity (Wildman–Crippen MR) is 71.2 cm³/mol. The van der Waals surface area contributed by atoms with E-state index in [1.807, 2.05) is 0 Å². The van der Waals surface area contributed by atoms with Gasteiger partial charge in [0.05, 0.1) is 6.21 Å². The van der Waals surface area contributed by atoms with Crippen LogP contribution in [0.1, 0.15) is 11.3 Å². The van der Waals surface area contributed by atoms with Crippen LogP contribution in [0, 0.1) is 11.7 Å². The molecule has 8 heteroatoms. The third-order valence-electron chi connectivity index (χ3n) is 2.37. The number of rotatable bonds is 2. The van der Waals surface area contributed by atoms with Gasteiger partial charge in [0.25, 0.3) is 5.56 Å². The summed E-state index contributed by atoms with van der Waals surface area (Å²) in [4.78, 5) is 11.8. The summed E-state index contributed by atoms with van der Waals surface area (Å²) < 4.78 is 0.979. The highest BCUT2D eigenvalue weighted by atomic mass is 32.1. The highest BCUT2D eigenvalue weighted by molar-refractivity contribution is 7.71. The molecule has 0 spiro atoms. The molecule has 1 heterocycles. The second kappa shape index (κ2) is 5.02. The van der Waals surface area contributed by atoms with Crippen LogP contribution in [0.4, 0.5) is 0 Å². The Morgan fingerprint density at radius 1 is 1.47 bits per heavy atom. The molecule has 1 aromatic carbocycles. The van der Waals surface area contributed by atoms with E-state index in [-0.39, 0.29) is 27.5 Å². The zero-order valence-electron chi connectivity index (χ0n) is 9.86. The highest BCUT2D eigenvalue weighted by Gasteiger charge is 2.04. The van der Waals surface area contributed by atoms with Gasteiger partial charge < -0.3 is 10.2 Å². The van der Waals surface area contributed by atoms with Crippen molar-refractivity contribution in [1.29, 1.82) is 0 Å². The summed E-state index contributed by atoms with van der Waals surface area (Å²) in [6.45, 7) is 1.52. The molecule has 7 nitrogen and oxygen atoms in total. The quantitative estimate of drug-likeness (QED) is 0.430. The Morgan fingerprint density at radius 3 is 2.95 bits per heavy atom. The Morgan fingerprint density at radius 2 is 2.21 bits per heavy atom. The molecular weight excluding hydrogens is 268 g/mol. The normalized spacial score (nSPS) is 11.0. The van der Waals surface area contributed by atoms with Crippen molar-refractivity contribution in [2.75, 3.05) is 0 Å². The van der Waals surface area contributed by atoms with E-state index in [0.29, 0.717) is 0 Å². The van der Waals surface area contributed by atoms with Gasteiger partial charge in [-0.1, -0.05) is 6.07 Å². The number of aromatic amines is 1. The number of para-hydroxylation sites is 1. The fourth-order valence-electron chi connectivity index (χ4n) is 1.35. The van der Waals surface area contributed by atoms with E-state index in [0.717, 1.165) is 4.68 Å². The molecule has 98 valence electrons. The first kappa shape index (κ1) is 13.0. The monoisotopic (exact) mass is 278 g/mol. The first-order valence-corrected chi connectivity index (χ1v) is 5.65. The average molecular weight is 278 g/mol. The SMILES string of the molecule is Cc1n[nH]c(=S)n(/N=C/c2cccc(O)c2O)c1=O. The Hall–Kier alpha value is -2.48. The van der Waals surface area contributed by atoms with E-state index >= 15 is 0 Å². The van der Waals surface area contributed by atoms with Crippen molar-refractivity contribution < 1.29 is 10.2 Å². The highest BCUT2D eigenvalue weighted by Crippen LogP contribution is 2.26. The number of phenols is 2. The minimum absolute atomic E-state index is 0.0338. The number of aryl methyl sites for hydroxylation is 1. The van der Waals surface area contributed by atoms with Gasteiger partial charge in [-0.05, 0) is 31.3 Å². The summed E-state index contributed by atoms with van der Waals surface area (Å²) in [6, 6.07) is 4.41. The summed E-state index contributed by atoms with van der Waals surface area (Å²) in [5, 5.41) is 29.0. The number of aromatic hydroxyl groups is 2. The van der Waals surface area contributed by atoms with Crippen molar-refractivity contribution in [3.05, 3.63) is 44.6 Å². The maximum Gasteiger partial charge on any atom is 0.296 e. The van der Waals surface area contributed by atoms with Crippen LogP contribution in [0.25, 0.3) is 0 Å². The van der Waals surface area contributed by atoms with Crippen molar-refractivity contribution in [1.82, 2.24) is 14.9 Å². The number of nitrogens with zero attached hydrogens (tertiary/aromatic N) is 3. The van der Waals surface area contributed by atoms with E-state index < -0.39 is 5.56 Å². The third kappa shape index (κ3) is 2.52. The smallest absolute Gasteiger partial charge is 0.296 e. The molecule has 0 amide bonds. The van der Waals surface area contributed by atoms with Gasteiger partial charge in [0, 0.05) is 5.56 Å². The molecule has 0 aliphatic rings. The Balaban J connectivity index is 2.50. The Labute approximate surface area is 112 Å². The number of nitrogens with one attached hydrogen (secondary N) is 1. The topological polar surface area (TPSA) is 104 Å². The number of benzene rings is 1. The maximum absolute atomic E-state index is 11.8. The Kier molecular flexibility index (Phi) is 3.43. The average Bonchev–Trinajstić information content (AvgIpc) is 2.39. The van der Waals surface area contributed by atoms with Gasteiger partial charge in [-0.25, -0.2) is 0 Å². The minimum Gasteiger partial charge on any atom is -0.504 e. The molecule has 0 aliphatic heterocycles. The lowest BCUT2D eigenvalue weighted by Crippen LogP contribution is -2.22. The largest absolute Gasteiger partial charge is 0.504 e. The predicted octanol–water partition coefficient (Wildman–Crippen LogP) is 0.903. The standard InChI is InChI=1S/C11H10N4O3S/c1-6-10(18)15(11(19)14-13-6)12-5-7-3-2-4-8(16)9(7)17/h2-5,16-17H,1H3,(H,14,19)/b12-5+. The minimum atomic E-state index is -0.459. The number of hydrogen-bond acceptors (Lipinski definition) is 6. The molecule has 2 aromatic rings. The van der Waals surface area contributed by atoms with Crippen LogP contribution in [-0.4, -0.2) is 31.3 Å². The molecule has 2 rings (SSSR count). The van der Waals surface area contributed by atoms with Gasteiger partial charge in [-0.2, -0.15) is 14.9 Å². The molecule has 1 aromatic heterocycles. The number of aromatic nitrogens is 3. The van der Waals surface area contributed by atoms with Gasteiger partial charge in [0.15, 0.2) is 11.5 Å². The van der Waals surface area contributed by atoms with Crippen LogP contribution < -0.4 is 5.56 Å². The molecule has 0 aliphatic carbocycles. The molecule has 0 bridgehead atoms. The molecule has 0 fully saturated rings. The fourth-order valence-corrected chi connectivity index (χ4v) is 1.53. The van der Waals surface area contributed by atoms with Gasteiger partial charge in [-0.3, -0.25) is 9.89 Å². The maximum atomic E-state index is 11.8. The van der Waals surface area contributed by atoms with Crippen LogP contribution >= 0.6 is 12.2 Å². The van der Waals surface area contributed by atoms with Gasteiger partial charge in [-0.15, -0.1) is 0 Å². The fraction of sp³-hybridized carbons (Fsp3) is 0.0909. The van der Waals surface area contributed by atoms with Crippen molar-refractivity contribution in [2.24, 2.45) is 5.10 Å². The molecule has 0 radical (unpaired) electrons. The van der Waals surface area contributed by atoms with E-state index in [9.17, 15) is 15.0 Å². The molecule has 3 N–H and O–H groups in total. The van der Waals surface area contributed by atoms with E-state index in [1.165, 1.54) is 31.3 Å². The molecule has 0 atom stereocenters. The number of phenolic OH excluding ortho intramolecular Hbond substituents is 2. The molecular formula is C11H10N4O3S. The Bertz CT molecular complexity index is 763. The van der Waals surface area contributed by atoms with Crippen LogP contribution in [0.3, 0.4) is 0 Å².